The zero-order valence-electron chi connectivity index (χ0n) is 11.0. The van der Waals surface area contributed by atoms with Crippen LogP contribution in [0.5, 0.6) is 0 Å². The molecule has 0 unspecified atom stereocenters. The minimum Gasteiger partial charge on any atom is -0.438 e. The number of rotatable bonds is 3. The smallest absolute Gasteiger partial charge is 0.412 e. The minimum atomic E-state index is -1.30. The van der Waals surface area contributed by atoms with Gasteiger partial charge in [0.05, 0.1) is 0 Å². The van der Waals surface area contributed by atoms with Crippen molar-refractivity contribution in [3.05, 3.63) is 35.9 Å². The molecule has 1 aromatic rings. The summed E-state index contributed by atoms with van der Waals surface area (Å²) in [5, 5.41) is 10.6. The Morgan fingerprint density at radius 2 is 1.89 bits per heavy atom. The fraction of sp³-hybridized carbons (Fsp3) is 0.500. The average molecular weight is 249 g/mol. The van der Waals surface area contributed by atoms with Crippen LogP contribution in [0.15, 0.2) is 30.3 Å². The third kappa shape index (κ3) is 1.86. The number of benzene rings is 1. The molecule has 0 radical (unpaired) electrons. The molecule has 98 valence electrons. The van der Waals surface area contributed by atoms with Crippen molar-refractivity contribution in [2.24, 2.45) is 0 Å². The zero-order chi connectivity index (χ0) is 13.4. The molecule has 2 rings (SSSR count). The van der Waals surface area contributed by atoms with Crippen LogP contribution in [-0.4, -0.2) is 34.0 Å². The maximum atomic E-state index is 11.8. The molecular weight excluding hydrogens is 230 g/mol. The third-order valence-corrected chi connectivity index (χ3v) is 3.76. The molecule has 4 heteroatoms. The van der Waals surface area contributed by atoms with Gasteiger partial charge in [-0.3, -0.25) is 4.90 Å². The third-order valence-electron chi connectivity index (χ3n) is 3.76. The van der Waals surface area contributed by atoms with Gasteiger partial charge in [0.25, 0.3) is 0 Å². The average Bonchev–Trinajstić information content (AvgIpc) is 2.46. The van der Waals surface area contributed by atoms with Crippen LogP contribution in [0, 0.1) is 0 Å². The van der Waals surface area contributed by atoms with Gasteiger partial charge < -0.3 is 9.84 Å². The highest BCUT2D eigenvalue weighted by Gasteiger charge is 2.58. The van der Waals surface area contributed by atoms with Gasteiger partial charge in [0.1, 0.15) is 0 Å². The molecule has 4 nitrogen and oxygen atoms in total. The molecule has 1 fully saturated rings. The second-order valence-corrected chi connectivity index (χ2v) is 5.03. The fourth-order valence-corrected chi connectivity index (χ4v) is 2.43. The second kappa shape index (κ2) is 4.28. The van der Waals surface area contributed by atoms with Crippen LogP contribution in [0.3, 0.4) is 0 Å². The Balaban J connectivity index is 2.29. The van der Waals surface area contributed by atoms with Crippen molar-refractivity contribution < 1.29 is 14.6 Å². The summed E-state index contributed by atoms with van der Waals surface area (Å²) in [5.41, 5.74) is -1.19. The molecule has 0 aromatic heterocycles. The van der Waals surface area contributed by atoms with E-state index in [1.165, 1.54) is 4.90 Å². The molecule has 1 saturated heterocycles. The fourth-order valence-electron chi connectivity index (χ4n) is 2.43. The molecule has 2 atom stereocenters. The van der Waals surface area contributed by atoms with Gasteiger partial charge in [-0.25, -0.2) is 4.79 Å². The Morgan fingerprint density at radius 1 is 1.28 bits per heavy atom. The van der Waals surface area contributed by atoms with E-state index in [0.29, 0.717) is 13.0 Å². The molecule has 0 spiro atoms. The van der Waals surface area contributed by atoms with Crippen LogP contribution in [0.2, 0.25) is 0 Å². The number of likely N-dealkylation sites (N-methyl/N-ethyl adjacent to an activating group) is 1. The SMILES string of the molecule is CCN1C(=O)O[C@@](C)(Cc2ccccc2)[C@]1(C)O. The molecule has 1 aliphatic heterocycles. The van der Waals surface area contributed by atoms with Crippen molar-refractivity contribution in [3.63, 3.8) is 0 Å². The van der Waals surface area contributed by atoms with Crippen LogP contribution < -0.4 is 0 Å². The summed E-state index contributed by atoms with van der Waals surface area (Å²) >= 11 is 0. The van der Waals surface area contributed by atoms with Crippen molar-refractivity contribution in [1.29, 1.82) is 0 Å². The summed E-state index contributed by atoms with van der Waals surface area (Å²) in [6.07, 6.45) is 0.0317. The van der Waals surface area contributed by atoms with Gasteiger partial charge in [-0.15, -0.1) is 0 Å². The number of aliphatic hydroxyl groups is 1. The first kappa shape index (κ1) is 12.9. The van der Waals surface area contributed by atoms with Gasteiger partial charge in [-0.1, -0.05) is 30.3 Å². The predicted octanol–water partition coefficient (Wildman–Crippen LogP) is 2.17. The van der Waals surface area contributed by atoms with Gasteiger partial charge in [0.2, 0.25) is 0 Å². The molecule has 1 N–H and O–H groups in total. The lowest BCUT2D eigenvalue weighted by Gasteiger charge is -2.37. The summed E-state index contributed by atoms with van der Waals surface area (Å²) in [6.45, 7) is 5.65. The Morgan fingerprint density at radius 3 is 2.39 bits per heavy atom. The first-order chi connectivity index (χ1) is 8.40. The Bertz CT molecular complexity index is 444. The van der Waals surface area contributed by atoms with E-state index in [2.05, 4.69) is 0 Å². The molecule has 0 bridgehead atoms. The van der Waals surface area contributed by atoms with Crippen molar-refractivity contribution >= 4 is 6.09 Å². The monoisotopic (exact) mass is 249 g/mol. The highest BCUT2D eigenvalue weighted by Crippen LogP contribution is 2.39. The van der Waals surface area contributed by atoms with Gasteiger partial charge in [-0.05, 0) is 26.3 Å². The summed E-state index contributed by atoms with van der Waals surface area (Å²) in [7, 11) is 0. The Labute approximate surface area is 107 Å². The van der Waals surface area contributed by atoms with Crippen molar-refractivity contribution in [2.45, 2.75) is 38.5 Å². The number of hydrogen-bond acceptors (Lipinski definition) is 3. The lowest BCUT2D eigenvalue weighted by molar-refractivity contribution is -0.134. The topological polar surface area (TPSA) is 49.8 Å². The number of amides is 1. The van der Waals surface area contributed by atoms with E-state index in [0.717, 1.165) is 5.56 Å². The molecule has 0 saturated carbocycles. The largest absolute Gasteiger partial charge is 0.438 e. The van der Waals surface area contributed by atoms with E-state index >= 15 is 0 Å². The molecule has 0 aliphatic carbocycles. The quantitative estimate of drug-likeness (QED) is 0.893. The van der Waals surface area contributed by atoms with E-state index in [-0.39, 0.29) is 0 Å². The Hall–Kier alpha value is -1.55. The lowest BCUT2D eigenvalue weighted by atomic mass is 9.87. The van der Waals surface area contributed by atoms with E-state index in [9.17, 15) is 9.90 Å². The normalized spacial score (nSPS) is 31.6. The van der Waals surface area contributed by atoms with E-state index in [1.807, 2.05) is 37.3 Å². The summed E-state index contributed by atoms with van der Waals surface area (Å²) in [4.78, 5) is 13.1. The molecule has 1 amide bonds. The summed E-state index contributed by atoms with van der Waals surface area (Å²) in [5.74, 6) is 0. The van der Waals surface area contributed by atoms with Crippen molar-refractivity contribution in [2.75, 3.05) is 6.54 Å². The lowest BCUT2D eigenvalue weighted by Crippen LogP contribution is -2.55. The van der Waals surface area contributed by atoms with E-state index in [4.69, 9.17) is 4.74 Å². The van der Waals surface area contributed by atoms with Crippen molar-refractivity contribution in [3.8, 4) is 0 Å². The standard InChI is InChI=1S/C14H19NO3/c1-4-15-12(16)18-13(2,14(15,3)17)10-11-8-6-5-7-9-11/h5-9,17H,4,10H2,1-3H3/t13-,14-/m0/s1. The van der Waals surface area contributed by atoms with E-state index < -0.39 is 17.4 Å². The van der Waals surface area contributed by atoms with Crippen LogP contribution >= 0.6 is 0 Å². The minimum absolute atomic E-state index is 0.427. The maximum absolute atomic E-state index is 11.8. The first-order valence-corrected chi connectivity index (χ1v) is 6.17. The number of nitrogens with zero attached hydrogens (tertiary/aromatic N) is 1. The number of carbonyl (C=O) groups excluding carboxylic acids is 1. The zero-order valence-corrected chi connectivity index (χ0v) is 11.0. The van der Waals surface area contributed by atoms with Crippen LogP contribution in [0.1, 0.15) is 26.3 Å². The highest BCUT2D eigenvalue weighted by atomic mass is 16.6. The molecule has 1 heterocycles. The maximum Gasteiger partial charge on any atom is 0.412 e. The number of hydrogen-bond donors (Lipinski definition) is 1. The van der Waals surface area contributed by atoms with Crippen LogP contribution in [-0.2, 0) is 11.2 Å². The first-order valence-electron chi connectivity index (χ1n) is 6.17. The molecule has 1 aliphatic rings. The van der Waals surface area contributed by atoms with Gasteiger partial charge in [0.15, 0.2) is 11.3 Å². The van der Waals surface area contributed by atoms with Crippen molar-refractivity contribution in [1.82, 2.24) is 4.90 Å². The van der Waals surface area contributed by atoms with Gasteiger partial charge >= 0.3 is 6.09 Å². The Kier molecular flexibility index (Phi) is 3.07. The van der Waals surface area contributed by atoms with E-state index in [1.54, 1.807) is 13.8 Å². The number of ether oxygens (including phenoxy) is 1. The highest BCUT2D eigenvalue weighted by molar-refractivity contribution is 5.72. The van der Waals surface area contributed by atoms with Gasteiger partial charge in [-0.2, -0.15) is 0 Å². The van der Waals surface area contributed by atoms with Crippen LogP contribution in [0.25, 0.3) is 0 Å². The molecule has 18 heavy (non-hydrogen) atoms. The summed E-state index contributed by atoms with van der Waals surface area (Å²) in [6, 6.07) is 9.72. The summed E-state index contributed by atoms with van der Waals surface area (Å²) < 4.78 is 5.41. The molecule has 1 aromatic carbocycles. The number of carbonyl (C=O) groups is 1. The molecular formula is C14H19NO3. The van der Waals surface area contributed by atoms with Gasteiger partial charge in [0, 0.05) is 13.0 Å². The van der Waals surface area contributed by atoms with Crippen LogP contribution in [0.4, 0.5) is 4.79 Å². The predicted molar refractivity (Wildman–Crippen MR) is 68.0 cm³/mol. The second-order valence-electron chi connectivity index (χ2n) is 5.03. The number of cyclic esters (lactones) is 1.